The minimum atomic E-state index is -1.70. The van der Waals surface area contributed by atoms with Crippen molar-refractivity contribution < 1.29 is 9.50 Å². The summed E-state index contributed by atoms with van der Waals surface area (Å²) in [6, 6.07) is 4.29. The van der Waals surface area contributed by atoms with Crippen LogP contribution >= 0.6 is 0 Å². The topological polar surface area (TPSA) is 93.5 Å². The summed E-state index contributed by atoms with van der Waals surface area (Å²) in [4.78, 5) is 25.1. The van der Waals surface area contributed by atoms with E-state index in [4.69, 9.17) is 9.97 Å². The van der Waals surface area contributed by atoms with Crippen molar-refractivity contribution in [2.24, 2.45) is 0 Å². The molecule has 2 aliphatic rings. The van der Waals surface area contributed by atoms with Crippen LogP contribution in [0.15, 0.2) is 30.7 Å². The first-order valence-electron chi connectivity index (χ1n) is 13.5. The maximum Gasteiger partial charge on any atom is 0.227 e. The molecule has 2 saturated heterocycles. The van der Waals surface area contributed by atoms with Crippen LogP contribution in [0.4, 0.5) is 27.8 Å². The molecule has 0 saturated carbocycles. The molecule has 5 rings (SSSR count). The fraction of sp³-hybridized carbons (Fsp3) is 0.571. The molecule has 0 bridgehead atoms. The van der Waals surface area contributed by atoms with Crippen LogP contribution in [-0.4, -0.2) is 88.0 Å². The number of hydrogen-bond acceptors (Lipinski definition) is 9. The Kier molecular flexibility index (Phi) is 7.37. The normalized spacial score (nSPS) is 24.1. The second-order valence-corrected chi connectivity index (χ2v) is 11.4. The van der Waals surface area contributed by atoms with E-state index >= 15 is 0 Å². The molecule has 9 nitrogen and oxygen atoms in total. The number of rotatable bonds is 7. The summed E-state index contributed by atoms with van der Waals surface area (Å²) in [5, 5.41) is 15.5. The van der Waals surface area contributed by atoms with Gasteiger partial charge in [0, 0.05) is 49.7 Å². The van der Waals surface area contributed by atoms with Crippen LogP contribution in [0.25, 0.3) is 10.8 Å². The standard InChI is InChI=1S/C28H39FN8O/c1-18(2)21-14-32-26(37-11-6-7-19(37)16-35(4)5)22-15-31-25(13-20(21)22)33-24-8-10-30-27(34-24)36-12-9-23(38)28(3,29)17-36/h8,10,13-15,18-19,23,38H,6-7,9,11-12,16-17H2,1-5H3,(H,30,31,33,34)/t19-,23+,28-/m0/s1. The van der Waals surface area contributed by atoms with Gasteiger partial charge in [-0.1, -0.05) is 13.8 Å². The highest BCUT2D eigenvalue weighted by atomic mass is 19.1. The zero-order valence-corrected chi connectivity index (χ0v) is 23.0. The number of halogens is 1. The lowest BCUT2D eigenvalue weighted by Crippen LogP contribution is -2.52. The van der Waals surface area contributed by atoms with Gasteiger partial charge in [0.1, 0.15) is 17.5 Å². The van der Waals surface area contributed by atoms with Gasteiger partial charge in [-0.15, -0.1) is 0 Å². The summed E-state index contributed by atoms with van der Waals surface area (Å²) >= 11 is 0. The van der Waals surface area contributed by atoms with Gasteiger partial charge >= 0.3 is 0 Å². The van der Waals surface area contributed by atoms with E-state index < -0.39 is 11.8 Å². The van der Waals surface area contributed by atoms with Crippen LogP contribution in [0.1, 0.15) is 51.5 Å². The van der Waals surface area contributed by atoms with E-state index in [0.717, 1.165) is 42.5 Å². The molecule has 3 atom stereocenters. The van der Waals surface area contributed by atoms with E-state index in [0.29, 0.717) is 42.5 Å². The third-order valence-corrected chi connectivity index (χ3v) is 7.68. The van der Waals surface area contributed by atoms with Crippen LogP contribution in [-0.2, 0) is 0 Å². The molecule has 204 valence electrons. The fourth-order valence-corrected chi connectivity index (χ4v) is 5.63. The fourth-order valence-electron chi connectivity index (χ4n) is 5.63. The van der Waals surface area contributed by atoms with Crippen LogP contribution in [0.5, 0.6) is 0 Å². The number of likely N-dealkylation sites (N-methyl/N-ethyl adjacent to an activating group) is 1. The van der Waals surface area contributed by atoms with Crippen molar-refractivity contribution in [3.8, 4) is 0 Å². The Balaban J connectivity index is 1.44. The molecular weight excluding hydrogens is 483 g/mol. The molecule has 3 aromatic heterocycles. The van der Waals surface area contributed by atoms with Crippen LogP contribution in [0, 0.1) is 0 Å². The molecule has 2 aliphatic heterocycles. The van der Waals surface area contributed by atoms with Crippen molar-refractivity contribution in [2.75, 3.05) is 55.4 Å². The minimum Gasteiger partial charge on any atom is -0.390 e. The largest absolute Gasteiger partial charge is 0.390 e. The van der Waals surface area contributed by atoms with E-state index in [-0.39, 0.29) is 6.54 Å². The van der Waals surface area contributed by atoms with Gasteiger partial charge in [0.2, 0.25) is 5.95 Å². The van der Waals surface area contributed by atoms with Crippen LogP contribution in [0.3, 0.4) is 0 Å². The highest BCUT2D eigenvalue weighted by Crippen LogP contribution is 2.35. The highest BCUT2D eigenvalue weighted by Gasteiger charge is 2.39. The number of alkyl halides is 1. The van der Waals surface area contributed by atoms with Crippen molar-refractivity contribution in [3.63, 3.8) is 0 Å². The summed E-state index contributed by atoms with van der Waals surface area (Å²) in [6.07, 6.45) is 7.27. The Morgan fingerprint density at radius 1 is 1.13 bits per heavy atom. The summed E-state index contributed by atoms with van der Waals surface area (Å²) in [6.45, 7) is 8.32. The van der Waals surface area contributed by atoms with Gasteiger partial charge in [0.25, 0.3) is 0 Å². The molecule has 0 aliphatic carbocycles. The molecule has 2 N–H and O–H groups in total. The van der Waals surface area contributed by atoms with E-state index in [9.17, 15) is 9.50 Å². The Morgan fingerprint density at radius 2 is 1.95 bits per heavy atom. The Bertz CT molecular complexity index is 1280. The molecule has 0 radical (unpaired) electrons. The van der Waals surface area contributed by atoms with E-state index in [1.807, 2.05) is 12.4 Å². The number of pyridine rings is 2. The molecule has 38 heavy (non-hydrogen) atoms. The number of fused-ring (bicyclic) bond motifs is 1. The van der Waals surface area contributed by atoms with E-state index in [1.54, 1.807) is 17.2 Å². The van der Waals surface area contributed by atoms with E-state index in [2.05, 4.69) is 59.1 Å². The molecular formula is C28H39FN8O. The highest BCUT2D eigenvalue weighted by molar-refractivity contribution is 5.96. The second kappa shape index (κ2) is 10.6. The average molecular weight is 523 g/mol. The van der Waals surface area contributed by atoms with Gasteiger partial charge in [0.05, 0.1) is 12.6 Å². The number of anilines is 4. The monoisotopic (exact) mass is 522 g/mol. The summed E-state index contributed by atoms with van der Waals surface area (Å²) in [5.41, 5.74) is -0.528. The lowest BCUT2D eigenvalue weighted by atomic mass is 9.94. The lowest BCUT2D eigenvalue weighted by Gasteiger charge is -2.38. The van der Waals surface area contributed by atoms with Crippen molar-refractivity contribution in [1.29, 1.82) is 0 Å². The first-order valence-corrected chi connectivity index (χ1v) is 13.5. The quantitative estimate of drug-likeness (QED) is 0.475. The van der Waals surface area contributed by atoms with E-state index in [1.165, 1.54) is 12.5 Å². The molecule has 0 spiro atoms. The van der Waals surface area contributed by atoms with Crippen molar-refractivity contribution in [2.45, 2.75) is 63.8 Å². The van der Waals surface area contributed by atoms with Crippen LogP contribution in [0.2, 0.25) is 0 Å². The van der Waals surface area contributed by atoms with Gasteiger partial charge in [-0.05, 0) is 69.3 Å². The number of aliphatic hydroxyl groups is 1. The smallest absolute Gasteiger partial charge is 0.227 e. The maximum absolute atomic E-state index is 14.7. The average Bonchev–Trinajstić information content (AvgIpc) is 3.32. The van der Waals surface area contributed by atoms with Gasteiger partial charge in [-0.3, -0.25) is 0 Å². The van der Waals surface area contributed by atoms with Crippen molar-refractivity contribution >= 4 is 34.2 Å². The maximum atomic E-state index is 14.7. The number of aliphatic hydroxyl groups excluding tert-OH is 1. The zero-order chi connectivity index (χ0) is 27.0. The first-order chi connectivity index (χ1) is 18.1. The lowest BCUT2D eigenvalue weighted by molar-refractivity contribution is -0.00860. The first kappa shape index (κ1) is 26.5. The number of nitrogens with one attached hydrogen (secondary N) is 1. The molecule has 3 aromatic rings. The minimum absolute atomic E-state index is 0.0463. The molecule has 2 fully saturated rings. The molecule has 0 aromatic carbocycles. The Labute approximate surface area is 224 Å². The third-order valence-electron chi connectivity index (χ3n) is 7.68. The SMILES string of the molecule is CC(C)c1cnc(N2CCC[C@H]2CN(C)C)c2cnc(Nc3ccnc(N4CC[C@@H](O)[C@@](C)(F)C4)n3)cc12. The number of nitrogens with zero attached hydrogens (tertiary/aromatic N) is 7. The molecule has 5 heterocycles. The third kappa shape index (κ3) is 5.37. The Hall–Kier alpha value is -3.11. The number of aromatic nitrogens is 4. The predicted molar refractivity (Wildman–Crippen MR) is 150 cm³/mol. The second-order valence-electron chi connectivity index (χ2n) is 11.4. The molecule has 10 heteroatoms. The molecule has 0 amide bonds. The predicted octanol–water partition coefficient (Wildman–Crippen LogP) is 4.12. The Morgan fingerprint density at radius 3 is 2.68 bits per heavy atom. The van der Waals surface area contributed by atoms with Gasteiger partial charge in [-0.2, -0.15) is 4.98 Å². The van der Waals surface area contributed by atoms with Gasteiger partial charge in [0.15, 0.2) is 5.67 Å². The van der Waals surface area contributed by atoms with Crippen molar-refractivity contribution in [3.05, 3.63) is 36.3 Å². The summed E-state index contributed by atoms with van der Waals surface area (Å²) < 4.78 is 14.7. The summed E-state index contributed by atoms with van der Waals surface area (Å²) in [7, 11) is 4.24. The van der Waals surface area contributed by atoms with Gasteiger partial charge in [-0.25, -0.2) is 19.3 Å². The van der Waals surface area contributed by atoms with Crippen molar-refractivity contribution in [1.82, 2.24) is 24.8 Å². The molecule has 0 unspecified atom stereocenters. The zero-order valence-electron chi connectivity index (χ0n) is 23.0. The van der Waals surface area contributed by atoms with Gasteiger partial charge < -0.3 is 25.1 Å². The number of piperidine rings is 1. The summed E-state index contributed by atoms with van der Waals surface area (Å²) in [5.74, 6) is 3.00. The number of hydrogen-bond donors (Lipinski definition) is 2. The van der Waals surface area contributed by atoms with Crippen LogP contribution < -0.4 is 15.1 Å².